The van der Waals surface area contributed by atoms with Crippen LogP contribution in [0.3, 0.4) is 0 Å². The van der Waals surface area contributed by atoms with E-state index in [9.17, 15) is 15.2 Å². The quantitative estimate of drug-likeness (QED) is 0.632. The molecule has 0 bridgehead atoms. The van der Waals surface area contributed by atoms with Crippen molar-refractivity contribution in [2.24, 2.45) is 0 Å². The Morgan fingerprint density at radius 3 is 2.65 bits per heavy atom. The fourth-order valence-corrected chi connectivity index (χ4v) is 2.42. The van der Waals surface area contributed by atoms with E-state index in [4.69, 9.17) is 0 Å². The summed E-state index contributed by atoms with van der Waals surface area (Å²) < 4.78 is 0.747. The van der Waals surface area contributed by atoms with Gasteiger partial charge in [-0.25, -0.2) is 0 Å². The van der Waals surface area contributed by atoms with Crippen LogP contribution in [0.2, 0.25) is 0 Å². The standard InChI is InChI=1S/C18H15BrN2O2/c1-12(13-5-3-2-4-6-13)21-18(23)15(11-20)9-14-10-16(19)7-8-17(14)22/h2-10,12,22H,1H3,(H,21,23)/b15-9+/t12-/m0/s1. The maximum absolute atomic E-state index is 12.3. The Kier molecular flexibility index (Phi) is 5.56. The number of carbonyl (C=O) groups excluding carboxylic acids is 1. The number of carbonyl (C=O) groups is 1. The maximum Gasteiger partial charge on any atom is 0.262 e. The molecule has 2 rings (SSSR count). The SMILES string of the molecule is C[C@H](NC(=O)/C(C#N)=C/c1cc(Br)ccc1O)c1ccccc1. The number of phenols is 1. The highest BCUT2D eigenvalue weighted by Crippen LogP contribution is 2.24. The van der Waals surface area contributed by atoms with E-state index in [1.165, 1.54) is 12.1 Å². The van der Waals surface area contributed by atoms with Crippen LogP contribution >= 0.6 is 15.9 Å². The first kappa shape index (κ1) is 16.8. The minimum absolute atomic E-state index is 0.00450. The fraction of sp³-hybridized carbons (Fsp3) is 0.111. The van der Waals surface area contributed by atoms with Crippen LogP contribution in [0, 0.1) is 11.3 Å². The van der Waals surface area contributed by atoms with Crippen LogP contribution in [0.1, 0.15) is 24.1 Å². The van der Waals surface area contributed by atoms with E-state index in [-0.39, 0.29) is 17.4 Å². The minimum atomic E-state index is -0.483. The molecule has 0 aliphatic heterocycles. The summed E-state index contributed by atoms with van der Waals surface area (Å²) in [6, 6.07) is 15.9. The predicted octanol–water partition coefficient (Wildman–Crippen LogP) is 3.94. The summed E-state index contributed by atoms with van der Waals surface area (Å²) in [6.45, 7) is 1.85. The van der Waals surface area contributed by atoms with Gasteiger partial charge in [0.05, 0.1) is 6.04 Å². The number of amides is 1. The zero-order valence-electron chi connectivity index (χ0n) is 12.5. The largest absolute Gasteiger partial charge is 0.507 e. The third-order valence-electron chi connectivity index (χ3n) is 3.30. The van der Waals surface area contributed by atoms with E-state index in [1.807, 2.05) is 43.3 Å². The molecule has 2 aromatic rings. The van der Waals surface area contributed by atoms with Crippen LogP contribution in [0.25, 0.3) is 6.08 Å². The predicted molar refractivity (Wildman–Crippen MR) is 92.4 cm³/mol. The average Bonchev–Trinajstić information content (AvgIpc) is 2.56. The number of hydrogen-bond acceptors (Lipinski definition) is 3. The second-order valence-corrected chi connectivity index (χ2v) is 5.89. The molecule has 23 heavy (non-hydrogen) atoms. The van der Waals surface area contributed by atoms with Crippen molar-refractivity contribution in [3.05, 3.63) is 69.7 Å². The molecular weight excluding hydrogens is 356 g/mol. The molecule has 0 aliphatic carbocycles. The van der Waals surface area contributed by atoms with Gasteiger partial charge in [-0.05, 0) is 36.8 Å². The molecule has 0 saturated heterocycles. The lowest BCUT2D eigenvalue weighted by molar-refractivity contribution is -0.117. The maximum atomic E-state index is 12.3. The molecule has 5 heteroatoms. The molecule has 2 aromatic carbocycles. The van der Waals surface area contributed by atoms with Gasteiger partial charge >= 0.3 is 0 Å². The molecule has 0 radical (unpaired) electrons. The number of benzene rings is 2. The zero-order valence-corrected chi connectivity index (χ0v) is 14.0. The van der Waals surface area contributed by atoms with Gasteiger partial charge in [0.1, 0.15) is 17.4 Å². The van der Waals surface area contributed by atoms with Gasteiger partial charge in [-0.3, -0.25) is 4.79 Å². The molecule has 0 aliphatic rings. The average molecular weight is 371 g/mol. The lowest BCUT2D eigenvalue weighted by Gasteiger charge is -2.13. The Bertz CT molecular complexity index is 779. The first-order valence-electron chi connectivity index (χ1n) is 6.97. The molecule has 1 amide bonds. The van der Waals surface area contributed by atoms with Gasteiger partial charge in [0, 0.05) is 10.0 Å². The highest BCUT2D eigenvalue weighted by molar-refractivity contribution is 9.10. The number of aromatic hydroxyl groups is 1. The van der Waals surface area contributed by atoms with Crippen molar-refractivity contribution < 1.29 is 9.90 Å². The molecule has 0 fully saturated rings. The first-order chi connectivity index (χ1) is 11.0. The van der Waals surface area contributed by atoms with Gasteiger partial charge in [-0.15, -0.1) is 0 Å². The molecule has 0 spiro atoms. The zero-order chi connectivity index (χ0) is 16.8. The summed E-state index contributed by atoms with van der Waals surface area (Å²) in [6.07, 6.45) is 1.37. The van der Waals surface area contributed by atoms with E-state index < -0.39 is 5.91 Å². The molecular formula is C18H15BrN2O2. The highest BCUT2D eigenvalue weighted by Gasteiger charge is 2.14. The molecule has 0 heterocycles. The molecule has 1 atom stereocenters. The number of phenolic OH excluding ortho intramolecular Hbond substituents is 1. The van der Waals surface area contributed by atoms with Crippen LogP contribution in [-0.2, 0) is 4.79 Å². The van der Waals surface area contributed by atoms with Crippen molar-refractivity contribution in [3.8, 4) is 11.8 Å². The number of nitriles is 1. The highest BCUT2D eigenvalue weighted by atomic mass is 79.9. The second kappa shape index (κ2) is 7.61. The van der Waals surface area contributed by atoms with Crippen LogP contribution in [0.15, 0.2) is 58.6 Å². The van der Waals surface area contributed by atoms with Crippen LogP contribution < -0.4 is 5.32 Å². The lowest BCUT2D eigenvalue weighted by Crippen LogP contribution is -2.27. The van der Waals surface area contributed by atoms with E-state index in [1.54, 1.807) is 12.1 Å². The summed E-state index contributed by atoms with van der Waals surface area (Å²) in [5, 5.41) is 21.8. The number of hydrogen-bond donors (Lipinski definition) is 2. The van der Waals surface area contributed by atoms with Gasteiger partial charge in [0.15, 0.2) is 0 Å². The van der Waals surface area contributed by atoms with Crippen molar-refractivity contribution in [2.75, 3.05) is 0 Å². The monoisotopic (exact) mass is 370 g/mol. The van der Waals surface area contributed by atoms with E-state index >= 15 is 0 Å². The number of nitrogens with one attached hydrogen (secondary N) is 1. The molecule has 116 valence electrons. The summed E-state index contributed by atoms with van der Waals surface area (Å²) in [4.78, 5) is 12.3. The van der Waals surface area contributed by atoms with Crippen molar-refractivity contribution in [1.29, 1.82) is 5.26 Å². The van der Waals surface area contributed by atoms with Crippen molar-refractivity contribution in [2.45, 2.75) is 13.0 Å². The van der Waals surface area contributed by atoms with Crippen LogP contribution in [0.4, 0.5) is 0 Å². The first-order valence-corrected chi connectivity index (χ1v) is 7.76. The normalized spacial score (nSPS) is 12.3. The third kappa shape index (κ3) is 4.44. The lowest BCUT2D eigenvalue weighted by atomic mass is 10.1. The Morgan fingerprint density at radius 1 is 1.30 bits per heavy atom. The van der Waals surface area contributed by atoms with Gasteiger partial charge < -0.3 is 10.4 Å². The number of rotatable bonds is 4. The van der Waals surface area contributed by atoms with Crippen molar-refractivity contribution in [1.82, 2.24) is 5.32 Å². The van der Waals surface area contributed by atoms with Gasteiger partial charge in [-0.2, -0.15) is 5.26 Å². The van der Waals surface area contributed by atoms with Gasteiger partial charge in [0.25, 0.3) is 5.91 Å². The summed E-state index contributed by atoms with van der Waals surface area (Å²) in [5.74, 6) is -0.479. The van der Waals surface area contributed by atoms with Crippen molar-refractivity contribution in [3.63, 3.8) is 0 Å². The third-order valence-corrected chi connectivity index (χ3v) is 3.79. The Hall–Kier alpha value is -2.58. The van der Waals surface area contributed by atoms with Gasteiger partial charge in [0.2, 0.25) is 0 Å². The number of nitrogens with zero attached hydrogens (tertiary/aromatic N) is 1. The molecule has 0 unspecified atom stereocenters. The second-order valence-electron chi connectivity index (χ2n) is 4.98. The Labute approximate surface area is 143 Å². The van der Waals surface area contributed by atoms with E-state index in [2.05, 4.69) is 21.2 Å². The minimum Gasteiger partial charge on any atom is -0.507 e. The summed E-state index contributed by atoms with van der Waals surface area (Å²) in [7, 11) is 0. The molecule has 0 aromatic heterocycles. The van der Waals surface area contributed by atoms with E-state index in [0.717, 1.165) is 10.0 Å². The van der Waals surface area contributed by atoms with E-state index in [0.29, 0.717) is 5.56 Å². The molecule has 2 N–H and O–H groups in total. The topological polar surface area (TPSA) is 73.1 Å². The fourth-order valence-electron chi connectivity index (χ4n) is 2.04. The van der Waals surface area contributed by atoms with Crippen LogP contribution in [-0.4, -0.2) is 11.0 Å². The molecule has 4 nitrogen and oxygen atoms in total. The van der Waals surface area contributed by atoms with Crippen molar-refractivity contribution >= 4 is 27.9 Å². The Morgan fingerprint density at radius 2 is 2.00 bits per heavy atom. The van der Waals surface area contributed by atoms with Crippen LogP contribution in [0.5, 0.6) is 5.75 Å². The smallest absolute Gasteiger partial charge is 0.262 e. The van der Waals surface area contributed by atoms with Gasteiger partial charge in [-0.1, -0.05) is 46.3 Å². The summed E-state index contributed by atoms with van der Waals surface area (Å²) >= 11 is 3.29. The Balaban J connectivity index is 2.20. The molecule has 0 saturated carbocycles. The number of halogens is 1. The summed E-state index contributed by atoms with van der Waals surface area (Å²) in [5.41, 5.74) is 1.28.